The smallest absolute Gasteiger partial charge is 0.318 e. The molecule has 0 bridgehead atoms. The molecule has 0 spiro atoms. The zero-order chi connectivity index (χ0) is 13.0. The van der Waals surface area contributed by atoms with Crippen LogP contribution >= 0.6 is 0 Å². The summed E-state index contributed by atoms with van der Waals surface area (Å²) in [6, 6.07) is 4.50. The van der Waals surface area contributed by atoms with Crippen LogP contribution in [0.1, 0.15) is 18.1 Å². The number of amides is 3. The van der Waals surface area contributed by atoms with Crippen LogP contribution in [0.25, 0.3) is 0 Å². The largest absolute Gasteiger partial charge is 0.374 e. The Bertz CT molecular complexity index is 443. The number of urea groups is 1. The average Bonchev–Trinajstić information content (AvgIpc) is 2.21. The number of imide groups is 1. The predicted molar refractivity (Wildman–Crippen MR) is 66.7 cm³/mol. The average molecular weight is 235 g/mol. The lowest BCUT2D eigenvalue weighted by Crippen LogP contribution is -2.43. The first-order chi connectivity index (χ1) is 7.90. The van der Waals surface area contributed by atoms with Crippen LogP contribution in [0.3, 0.4) is 0 Å². The molecule has 0 heterocycles. The number of hydrogen-bond donors (Lipinski definition) is 3. The van der Waals surface area contributed by atoms with Gasteiger partial charge in [0.05, 0.1) is 0 Å². The number of nitrogens with one attached hydrogen (secondary N) is 2. The van der Waals surface area contributed by atoms with E-state index in [0.29, 0.717) is 0 Å². The van der Waals surface area contributed by atoms with Gasteiger partial charge in [0.1, 0.15) is 6.04 Å². The van der Waals surface area contributed by atoms with E-state index in [2.05, 4.69) is 5.32 Å². The van der Waals surface area contributed by atoms with Crippen molar-refractivity contribution in [3.63, 3.8) is 0 Å². The van der Waals surface area contributed by atoms with E-state index in [1.165, 1.54) is 0 Å². The summed E-state index contributed by atoms with van der Waals surface area (Å²) < 4.78 is 0. The molecular weight excluding hydrogens is 218 g/mol. The predicted octanol–water partition coefficient (Wildman–Crippen LogP) is 1.30. The number of hydrogen-bond acceptors (Lipinski definition) is 3. The van der Waals surface area contributed by atoms with Crippen LogP contribution < -0.4 is 16.4 Å². The maximum Gasteiger partial charge on any atom is 0.318 e. The van der Waals surface area contributed by atoms with Crippen molar-refractivity contribution >= 4 is 17.6 Å². The van der Waals surface area contributed by atoms with Crippen LogP contribution in [0, 0.1) is 13.8 Å². The Morgan fingerprint density at radius 2 is 1.94 bits per heavy atom. The fraction of sp³-hybridized carbons (Fsp3) is 0.333. The molecule has 5 heteroatoms. The number of carbonyl (C=O) groups is 2. The number of primary amides is 1. The topological polar surface area (TPSA) is 84.2 Å². The second-order valence-corrected chi connectivity index (χ2v) is 4.04. The molecule has 0 aliphatic heterocycles. The van der Waals surface area contributed by atoms with Crippen LogP contribution in [0.2, 0.25) is 0 Å². The standard InChI is InChI=1S/C12H17N3O2/c1-7-4-5-10(8(2)6-7)14-9(3)11(16)15-12(13)17/h4-6,9,14H,1-3H3,(H3,13,15,16,17). The van der Waals surface area contributed by atoms with Crippen molar-refractivity contribution in [2.45, 2.75) is 26.8 Å². The van der Waals surface area contributed by atoms with E-state index >= 15 is 0 Å². The normalized spacial score (nSPS) is 11.7. The van der Waals surface area contributed by atoms with Crippen molar-refractivity contribution in [3.8, 4) is 0 Å². The van der Waals surface area contributed by atoms with Crippen LogP contribution in [0.15, 0.2) is 18.2 Å². The summed E-state index contributed by atoms with van der Waals surface area (Å²) in [5.41, 5.74) is 7.94. The molecule has 1 atom stereocenters. The molecule has 1 aromatic carbocycles. The van der Waals surface area contributed by atoms with Crippen molar-refractivity contribution < 1.29 is 9.59 Å². The molecule has 1 aromatic rings. The van der Waals surface area contributed by atoms with Gasteiger partial charge < -0.3 is 11.1 Å². The van der Waals surface area contributed by atoms with Gasteiger partial charge in [-0.3, -0.25) is 10.1 Å². The van der Waals surface area contributed by atoms with Crippen molar-refractivity contribution in [1.29, 1.82) is 0 Å². The van der Waals surface area contributed by atoms with Gasteiger partial charge in [-0.2, -0.15) is 0 Å². The monoisotopic (exact) mass is 235 g/mol. The van der Waals surface area contributed by atoms with E-state index in [0.717, 1.165) is 16.8 Å². The van der Waals surface area contributed by atoms with E-state index in [1.54, 1.807) is 6.92 Å². The van der Waals surface area contributed by atoms with Crippen molar-refractivity contribution in [2.75, 3.05) is 5.32 Å². The van der Waals surface area contributed by atoms with E-state index in [9.17, 15) is 9.59 Å². The summed E-state index contributed by atoms with van der Waals surface area (Å²) in [5.74, 6) is -0.447. The van der Waals surface area contributed by atoms with Crippen molar-refractivity contribution in [2.24, 2.45) is 5.73 Å². The lowest BCUT2D eigenvalue weighted by atomic mass is 10.1. The minimum absolute atomic E-state index is 0.447. The number of rotatable bonds is 3. The first-order valence-electron chi connectivity index (χ1n) is 5.34. The molecule has 1 rings (SSSR count). The number of aryl methyl sites for hydroxylation is 2. The van der Waals surface area contributed by atoms with Crippen molar-refractivity contribution in [1.82, 2.24) is 5.32 Å². The third kappa shape index (κ3) is 3.79. The van der Waals surface area contributed by atoms with Gasteiger partial charge in [-0.25, -0.2) is 4.79 Å². The van der Waals surface area contributed by atoms with Gasteiger partial charge >= 0.3 is 6.03 Å². The van der Waals surface area contributed by atoms with Crippen LogP contribution in [-0.4, -0.2) is 18.0 Å². The summed E-state index contributed by atoms with van der Waals surface area (Å²) in [5, 5.41) is 5.05. The number of nitrogens with two attached hydrogens (primary N) is 1. The Balaban J connectivity index is 2.70. The third-order valence-corrected chi connectivity index (χ3v) is 2.39. The van der Waals surface area contributed by atoms with Gasteiger partial charge in [0.25, 0.3) is 0 Å². The number of benzene rings is 1. The van der Waals surface area contributed by atoms with E-state index in [-0.39, 0.29) is 0 Å². The van der Waals surface area contributed by atoms with Gasteiger partial charge in [0.2, 0.25) is 5.91 Å². The minimum atomic E-state index is -0.843. The SMILES string of the molecule is Cc1ccc(NC(C)C(=O)NC(N)=O)c(C)c1. The van der Waals surface area contributed by atoms with E-state index < -0.39 is 18.0 Å². The van der Waals surface area contributed by atoms with Gasteiger partial charge in [-0.05, 0) is 32.4 Å². The zero-order valence-electron chi connectivity index (χ0n) is 10.2. The molecule has 3 amide bonds. The third-order valence-electron chi connectivity index (χ3n) is 2.39. The maximum atomic E-state index is 11.5. The first kappa shape index (κ1) is 13.0. The zero-order valence-corrected chi connectivity index (χ0v) is 10.2. The number of carbonyl (C=O) groups excluding carboxylic acids is 2. The highest BCUT2D eigenvalue weighted by Gasteiger charge is 2.14. The Morgan fingerprint density at radius 3 is 2.47 bits per heavy atom. The molecule has 5 nitrogen and oxygen atoms in total. The van der Waals surface area contributed by atoms with Gasteiger partial charge in [-0.15, -0.1) is 0 Å². The highest BCUT2D eigenvalue weighted by Crippen LogP contribution is 2.16. The highest BCUT2D eigenvalue weighted by atomic mass is 16.2. The Hall–Kier alpha value is -2.04. The Morgan fingerprint density at radius 1 is 1.29 bits per heavy atom. The number of anilines is 1. The molecule has 17 heavy (non-hydrogen) atoms. The maximum absolute atomic E-state index is 11.5. The Kier molecular flexibility index (Phi) is 4.09. The molecule has 0 radical (unpaired) electrons. The summed E-state index contributed by atoms with van der Waals surface area (Å²) >= 11 is 0. The molecule has 0 saturated carbocycles. The van der Waals surface area contributed by atoms with E-state index in [4.69, 9.17) is 5.73 Å². The molecule has 92 valence electrons. The molecule has 0 aliphatic carbocycles. The quantitative estimate of drug-likeness (QED) is 0.738. The van der Waals surface area contributed by atoms with Gasteiger partial charge in [0, 0.05) is 5.69 Å². The summed E-state index contributed by atoms with van der Waals surface area (Å²) in [6.07, 6.45) is 0. The van der Waals surface area contributed by atoms with Crippen LogP contribution in [-0.2, 0) is 4.79 Å². The minimum Gasteiger partial charge on any atom is -0.374 e. The highest BCUT2D eigenvalue weighted by molar-refractivity contribution is 5.97. The van der Waals surface area contributed by atoms with Crippen LogP contribution in [0.4, 0.5) is 10.5 Å². The fourth-order valence-electron chi connectivity index (χ4n) is 1.50. The summed E-state index contributed by atoms with van der Waals surface area (Å²) in [6.45, 7) is 5.62. The first-order valence-corrected chi connectivity index (χ1v) is 5.34. The lowest BCUT2D eigenvalue weighted by molar-refractivity contribution is -0.120. The molecule has 0 fully saturated rings. The molecule has 0 aromatic heterocycles. The van der Waals surface area contributed by atoms with Gasteiger partial charge in [0.15, 0.2) is 0 Å². The molecular formula is C12H17N3O2. The Labute approximate surface area is 100 Å². The lowest BCUT2D eigenvalue weighted by Gasteiger charge is -2.16. The van der Waals surface area contributed by atoms with Gasteiger partial charge in [-0.1, -0.05) is 17.7 Å². The van der Waals surface area contributed by atoms with Crippen LogP contribution in [0.5, 0.6) is 0 Å². The van der Waals surface area contributed by atoms with Crippen molar-refractivity contribution in [3.05, 3.63) is 29.3 Å². The van der Waals surface area contributed by atoms with E-state index in [1.807, 2.05) is 37.4 Å². The molecule has 0 saturated heterocycles. The summed E-state index contributed by atoms with van der Waals surface area (Å²) in [7, 11) is 0. The second-order valence-electron chi connectivity index (χ2n) is 4.04. The second kappa shape index (κ2) is 5.34. The fourth-order valence-corrected chi connectivity index (χ4v) is 1.50. The summed E-state index contributed by atoms with van der Waals surface area (Å²) in [4.78, 5) is 22.0. The molecule has 4 N–H and O–H groups in total. The molecule has 1 unspecified atom stereocenters. The molecule has 0 aliphatic rings.